The Morgan fingerprint density at radius 3 is 2.59 bits per heavy atom. The van der Waals surface area contributed by atoms with Crippen molar-refractivity contribution in [3.05, 3.63) is 82.8 Å². The molecule has 2 aromatic carbocycles. The fourth-order valence-corrected chi connectivity index (χ4v) is 2.55. The lowest BCUT2D eigenvalue weighted by atomic mass is 10.1. The number of amides is 1. The molecule has 0 bridgehead atoms. The first kappa shape index (κ1) is 18.7. The van der Waals surface area contributed by atoms with Crippen LogP contribution in [-0.4, -0.2) is 22.4 Å². The predicted octanol–water partition coefficient (Wildman–Crippen LogP) is 4.12. The number of rotatable bonds is 6. The Balaban J connectivity index is 1.54. The smallest absolute Gasteiger partial charge is 0.271 e. The van der Waals surface area contributed by atoms with E-state index in [0.717, 1.165) is 17.7 Å². The van der Waals surface area contributed by atoms with E-state index >= 15 is 0 Å². The normalized spacial score (nSPS) is 10.5. The molecule has 1 heterocycles. The van der Waals surface area contributed by atoms with Crippen molar-refractivity contribution >= 4 is 29.0 Å². The van der Waals surface area contributed by atoms with Gasteiger partial charge in [-0.05, 0) is 36.2 Å². The molecule has 0 aliphatic carbocycles. The highest BCUT2D eigenvalue weighted by Gasteiger charge is 2.08. The first-order valence-corrected chi connectivity index (χ1v) is 8.46. The Hall–Kier alpha value is -3.06. The molecule has 3 rings (SSSR count). The SMILES string of the molecule is O=C(NCCc1cccc(Cl)c1)c1cnc(Nc2ccc(F)c(F)c2)cn1. The summed E-state index contributed by atoms with van der Waals surface area (Å²) in [6.07, 6.45) is 3.28. The van der Waals surface area contributed by atoms with Gasteiger partial charge in [-0.25, -0.2) is 18.7 Å². The molecule has 3 aromatic rings. The highest BCUT2D eigenvalue weighted by atomic mass is 35.5. The first-order chi connectivity index (χ1) is 13.0. The van der Waals surface area contributed by atoms with Crippen LogP contribution in [0.3, 0.4) is 0 Å². The average molecular weight is 389 g/mol. The van der Waals surface area contributed by atoms with Gasteiger partial charge in [0.2, 0.25) is 0 Å². The Kier molecular flexibility index (Phi) is 5.93. The monoisotopic (exact) mass is 388 g/mol. The van der Waals surface area contributed by atoms with Gasteiger partial charge in [0.15, 0.2) is 11.6 Å². The molecule has 0 radical (unpaired) electrons. The van der Waals surface area contributed by atoms with Crippen molar-refractivity contribution in [2.75, 3.05) is 11.9 Å². The van der Waals surface area contributed by atoms with Crippen LogP contribution in [0.15, 0.2) is 54.9 Å². The van der Waals surface area contributed by atoms with Crippen molar-refractivity contribution in [2.24, 2.45) is 0 Å². The molecule has 0 aliphatic heterocycles. The van der Waals surface area contributed by atoms with E-state index in [0.29, 0.717) is 29.5 Å². The second-order valence-corrected chi connectivity index (χ2v) is 6.11. The minimum absolute atomic E-state index is 0.150. The molecular formula is C19H15ClF2N4O. The van der Waals surface area contributed by atoms with E-state index in [2.05, 4.69) is 20.6 Å². The van der Waals surface area contributed by atoms with Crippen LogP contribution in [0.25, 0.3) is 0 Å². The summed E-state index contributed by atoms with van der Waals surface area (Å²) in [5, 5.41) is 6.18. The Labute approximate surface area is 159 Å². The summed E-state index contributed by atoms with van der Waals surface area (Å²) in [4.78, 5) is 20.2. The van der Waals surface area contributed by atoms with Crippen molar-refractivity contribution in [2.45, 2.75) is 6.42 Å². The van der Waals surface area contributed by atoms with Crippen LogP contribution in [0.1, 0.15) is 16.1 Å². The van der Waals surface area contributed by atoms with Gasteiger partial charge in [-0.15, -0.1) is 0 Å². The van der Waals surface area contributed by atoms with Crippen molar-refractivity contribution in [1.29, 1.82) is 0 Å². The van der Waals surface area contributed by atoms with Gasteiger partial charge >= 0.3 is 0 Å². The first-order valence-electron chi connectivity index (χ1n) is 8.08. The Bertz CT molecular complexity index is 951. The molecule has 0 unspecified atom stereocenters. The maximum absolute atomic E-state index is 13.2. The van der Waals surface area contributed by atoms with E-state index in [1.807, 2.05) is 18.2 Å². The van der Waals surface area contributed by atoms with Gasteiger partial charge in [0.25, 0.3) is 5.91 Å². The minimum Gasteiger partial charge on any atom is -0.350 e. The van der Waals surface area contributed by atoms with E-state index in [1.54, 1.807) is 6.07 Å². The van der Waals surface area contributed by atoms with Crippen LogP contribution in [0.2, 0.25) is 5.02 Å². The van der Waals surface area contributed by atoms with E-state index in [4.69, 9.17) is 11.6 Å². The van der Waals surface area contributed by atoms with Crippen LogP contribution in [-0.2, 0) is 6.42 Å². The van der Waals surface area contributed by atoms with Crippen LogP contribution in [0.4, 0.5) is 20.3 Å². The van der Waals surface area contributed by atoms with E-state index < -0.39 is 11.6 Å². The van der Waals surface area contributed by atoms with Gasteiger partial charge in [0, 0.05) is 23.3 Å². The topological polar surface area (TPSA) is 66.9 Å². The van der Waals surface area contributed by atoms with Gasteiger partial charge in [-0.3, -0.25) is 4.79 Å². The summed E-state index contributed by atoms with van der Waals surface area (Å²) in [5.74, 6) is -1.96. The molecule has 0 fully saturated rings. The summed E-state index contributed by atoms with van der Waals surface area (Å²) < 4.78 is 26.1. The lowest BCUT2D eigenvalue weighted by Gasteiger charge is -2.07. The molecule has 1 amide bonds. The number of nitrogens with zero attached hydrogens (tertiary/aromatic N) is 2. The summed E-state index contributed by atoms with van der Waals surface area (Å²) in [6.45, 7) is 0.426. The summed E-state index contributed by atoms with van der Waals surface area (Å²) in [5.41, 5.74) is 1.49. The third-order valence-electron chi connectivity index (χ3n) is 3.66. The molecule has 138 valence electrons. The zero-order valence-corrected chi connectivity index (χ0v) is 14.8. The van der Waals surface area contributed by atoms with E-state index in [1.165, 1.54) is 18.5 Å². The molecule has 1 aromatic heterocycles. The van der Waals surface area contributed by atoms with Crippen LogP contribution >= 0.6 is 11.6 Å². The summed E-state index contributed by atoms with van der Waals surface area (Å²) in [7, 11) is 0. The molecule has 27 heavy (non-hydrogen) atoms. The molecule has 8 heteroatoms. The highest BCUT2D eigenvalue weighted by molar-refractivity contribution is 6.30. The number of anilines is 2. The number of halogens is 3. The van der Waals surface area contributed by atoms with Gasteiger partial charge in [-0.1, -0.05) is 23.7 Å². The number of carbonyl (C=O) groups is 1. The van der Waals surface area contributed by atoms with Crippen molar-refractivity contribution in [3.8, 4) is 0 Å². The largest absolute Gasteiger partial charge is 0.350 e. The number of aromatic nitrogens is 2. The van der Waals surface area contributed by atoms with Crippen LogP contribution in [0.5, 0.6) is 0 Å². The molecule has 5 nitrogen and oxygen atoms in total. The maximum atomic E-state index is 13.2. The molecule has 0 saturated carbocycles. The third-order valence-corrected chi connectivity index (χ3v) is 3.90. The highest BCUT2D eigenvalue weighted by Crippen LogP contribution is 2.17. The standard InChI is InChI=1S/C19H15ClF2N4O/c20-13-3-1-2-12(8-13)6-7-23-19(27)17-10-25-18(11-24-17)26-14-4-5-15(21)16(22)9-14/h1-5,8-11H,6-7H2,(H,23,27)(H,25,26). The number of benzene rings is 2. The minimum atomic E-state index is -0.969. The maximum Gasteiger partial charge on any atom is 0.271 e. The van der Waals surface area contributed by atoms with Crippen LogP contribution < -0.4 is 10.6 Å². The Morgan fingerprint density at radius 1 is 1.04 bits per heavy atom. The molecule has 0 atom stereocenters. The van der Waals surface area contributed by atoms with Crippen molar-refractivity contribution in [3.63, 3.8) is 0 Å². The third kappa shape index (κ3) is 5.21. The molecular weight excluding hydrogens is 374 g/mol. The van der Waals surface area contributed by atoms with Gasteiger partial charge in [-0.2, -0.15) is 0 Å². The van der Waals surface area contributed by atoms with Crippen LogP contribution in [0, 0.1) is 11.6 Å². The number of hydrogen-bond acceptors (Lipinski definition) is 4. The predicted molar refractivity (Wildman–Crippen MR) is 99.2 cm³/mol. The summed E-state index contributed by atoms with van der Waals surface area (Å²) >= 11 is 5.92. The average Bonchev–Trinajstić information content (AvgIpc) is 2.65. The lowest BCUT2D eigenvalue weighted by Crippen LogP contribution is -2.26. The zero-order chi connectivity index (χ0) is 19.2. The van der Waals surface area contributed by atoms with Gasteiger partial charge < -0.3 is 10.6 Å². The summed E-state index contributed by atoms with van der Waals surface area (Å²) in [6, 6.07) is 10.8. The van der Waals surface area contributed by atoms with Crippen molar-refractivity contribution < 1.29 is 13.6 Å². The number of hydrogen-bond donors (Lipinski definition) is 2. The molecule has 0 aliphatic rings. The second kappa shape index (κ2) is 8.55. The van der Waals surface area contributed by atoms with Crippen molar-refractivity contribution in [1.82, 2.24) is 15.3 Å². The van der Waals surface area contributed by atoms with Gasteiger partial charge in [0.1, 0.15) is 11.5 Å². The fraction of sp³-hybridized carbons (Fsp3) is 0.105. The second-order valence-electron chi connectivity index (χ2n) is 5.68. The lowest BCUT2D eigenvalue weighted by molar-refractivity contribution is 0.0949. The fourth-order valence-electron chi connectivity index (χ4n) is 2.34. The Morgan fingerprint density at radius 2 is 1.89 bits per heavy atom. The van der Waals surface area contributed by atoms with E-state index in [-0.39, 0.29) is 11.6 Å². The zero-order valence-electron chi connectivity index (χ0n) is 14.0. The van der Waals surface area contributed by atoms with E-state index in [9.17, 15) is 13.6 Å². The number of carbonyl (C=O) groups excluding carboxylic acids is 1. The number of nitrogens with one attached hydrogen (secondary N) is 2. The molecule has 0 saturated heterocycles. The molecule has 0 spiro atoms. The van der Waals surface area contributed by atoms with Gasteiger partial charge in [0.05, 0.1) is 12.4 Å². The molecule has 2 N–H and O–H groups in total. The quantitative estimate of drug-likeness (QED) is 0.666.